The molecule has 15 heavy (non-hydrogen) atoms. The lowest BCUT2D eigenvalue weighted by Gasteiger charge is -2.09. The molecule has 0 aromatic carbocycles. The van der Waals surface area contributed by atoms with Crippen LogP contribution in [0, 0.1) is 5.92 Å². The molecule has 2 N–H and O–H groups in total. The molecule has 0 aliphatic carbocycles. The molecule has 2 atom stereocenters. The van der Waals surface area contributed by atoms with E-state index in [2.05, 4.69) is 24.0 Å². The molecule has 4 nitrogen and oxygen atoms in total. The van der Waals surface area contributed by atoms with Crippen molar-refractivity contribution in [3.63, 3.8) is 0 Å². The summed E-state index contributed by atoms with van der Waals surface area (Å²) < 4.78 is 5.18. The number of rotatable bonds is 5. The van der Waals surface area contributed by atoms with Crippen LogP contribution in [0.25, 0.3) is 0 Å². The molecule has 86 valence electrons. The molecule has 0 amide bonds. The van der Waals surface area contributed by atoms with Crippen molar-refractivity contribution >= 4 is 0 Å². The molecular weight excluding hydrogens is 190 g/mol. The van der Waals surface area contributed by atoms with E-state index in [9.17, 15) is 0 Å². The number of aromatic nitrogens is 2. The van der Waals surface area contributed by atoms with E-state index in [0.717, 1.165) is 18.7 Å². The third-order valence-corrected chi connectivity index (χ3v) is 2.61. The molecule has 0 saturated heterocycles. The van der Waals surface area contributed by atoms with E-state index >= 15 is 0 Å². The summed E-state index contributed by atoms with van der Waals surface area (Å²) in [5, 5.41) is 3.95. The first-order valence-corrected chi connectivity index (χ1v) is 5.58. The molecule has 0 spiro atoms. The van der Waals surface area contributed by atoms with E-state index in [1.54, 1.807) is 0 Å². The quantitative estimate of drug-likeness (QED) is 0.810. The average Bonchev–Trinajstić information content (AvgIpc) is 2.61. The highest BCUT2D eigenvalue weighted by Gasteiger charge is 2.17. The number of hydrogen-bond acceptors (Lipinski definition) is 4. The van der Waals surface area contributed by atoms with Crippen LogP contribution in [-0.4, -0.2) is 16.2 Å². The Kier molecular flexibility index (Phi) is 4.27. The fraction of sp³-hybridized carbons (Fsp3) is 0.818. The zero-order valence-electron chi connectivity index (χ0n) is 10.0. The summed E-state index contributed by atoms with van der Waals surface area (Å²) in [6.45, 7) is 8.32. The van der Waals surface area contributed by atoms with Gasteiger partial charge in [-0.3, -0.25) is 0 Å². The van der Waals surface area contributed by atoms with Crippen molar-refractivity contribution in [1.82, 2.24) is 10.1 Å². The lowest BCUT2D eigenvalue weighted by molar-refractivity contribution is 0.342. The second-order valence-corrected chi connectivity index (χ2v) is 4.63. The van der Waals surface area contributed by atoms with Crippen LogP contribution in [0.5, 0.6) is 0 Å². The van der Waals surface area contributed by atoms with Crippen LogP contribution in [0.2, 0.25) is 0 Å². The second kappa shape index (κ2) is 5.26. The fourth-order valence-corrected chi connectivity index (χ4v) is 1.20. The van der Waals surface area contributed by atoms with E-state index in [-0.39, 0.29) is 12.0 Å². The van der Waals surface area contributed by atoms with Crippen molar-refractivity contribution in [3.05, 3.63) is 11.7 Å². The van der Waals surface area contributed by atoms with Crippen molar-refractivity contribution in [2.24, 2.45) is 11.7 Å². The summed E-state index contributed by atoms with van der Waals surface area (Å²) in [6.07, 6.45) is 1.97. The minimum atomic E-state index is 0.0448. The summed E-state index contributed by atoms with van der Waals surface area (Å²) >= 11 is 0. The maximum Gasteiger partial charge on any atom is 0.231 e. The first-order valence-electron chi connectivity index (χ1n) is 5.58. The van der Waals surface area contributed by atoms with Crippen LogP contribution in [0.1, 0.15) is 51.7 Å². The number of hydrogen-bond donors (Lipinski definition) is 1. The molecule has 0 aliphatic rings. The van der Waals surface area contributed by atoms with Crippen LogP contribution >= 0.6 is 0 Å². The predicted octanol–water partition coefficient (Wildman–Crippen LogP) is 2.11. The zero-order valence-corrected chi connectivity index (χ0v) is 10.0. The van der Waals surface area contributed by atoms with Crippen LogP contribution in [-0.2, 0) is 6.42 Å². The molecule has 1 aromatic rings. The highest BCUT2D eigenvalue weighted by molar-refractivity contribution is 4.95. The van der Waals surface area contributed by atoms with E-state index < -0.39 is 0 Å². The normalized spacial score (nSPS) is 15.6. The molecule has 4 heteroatoms. The highest BCUT2D eigenvalue weighted by Crippen LogP contribution is 2.16. The van der Waals surface area contributed by atoms with E-state index in [1.807, 2.05) is 13.8 Å². The van der Waals surface area contributed by atoms with Crippen LogP contribution in [0.4, 0.5) is 0 Å². The monoisotopic (exact) mass is 211 g/mol. The molecule has 0 saturated carbocycles. The van der Waals surface area contributed by atoms with Gasteiger partial charge in [-0.25, -0.2) is 0 Å². The lowest BCUT2D eigenvalue weighted by atomic mass is 10.1. The van der Waals surface area contributed by atoms with Crippen molar-refractivity contribution in [2.45, 2.75) is 52.5 Å². The standard InChI is InChI=1S/C11H21N3O/c1-7(2)5-6-10-13-11(15-14-10)8(3)9(4)12/h7-9H,5-6,12H2,1-4H3. The first kappa shape index (κ1) is 12.2. The van der Waals surface area contributed by atoms with E-state index in [0.29, 0.717) is 11.8 Å². The molecule has 0 bridgehead atoms. The molecule has 0 radical (unpaired) electrons. The molecule has 1 rings (SSSR count). The van der Waals surface area contributed by atoms with Crippen LogP contribution < -0.4 is 5.73 Å². The predicted molar refractivity (Wildman–Crippen MR) is 59.5 cm³/mol. The molecular formula is C11H21N3O. The van der Waals surface area contributed by atoms with Gasteiger partial charge in [0.25, 0.3) is 0 Å². The van der Waals surface area contributed by atoms with E-state index in [4.69, 9.17) is 10.3 Å². The number of nitrogens with two attached hydrogens (primary N) is 1. The topological polar surface area (TPSA) is 64.9 Å². The van der Waals surface area contributed by atoms with Gasteiger partial charge in [-0.1, -0.05) is 25.9 Å². The maximum absolute atomic E-state index is 5.77. The molecule has 0 fully saturated rings. The number of aryl methyl sites for hydroxylation is 1. The van der Waals surface area contributed by atoms with Crippen molar-refractivity contribution in [3.8, 4) is 0 Å². The second-order valence-electron chi connectivity index (χ2n) is 4.63. The van der Waals surface area contributed by atoms with Gasteiger partial charge in [0.05, 0.1) is 5.92 Å². The Morgan fingerprint density at radius 1 is 1.27 bits per heavy atom. The van der Waals surface area contributed by atoms with Crippen molar-refractivity contribution in [1.29, 1.82) is 0 Å². The summed E-state index contributed by atoms with van der Waals surface area (Å²) in [6, 6.07) is 0.0448. The maximum atomic E-state index is 5.77. The van der Waals surface area contributed by atoms with Gasteiger partial charge in [0.15, 0.2) is 5.82 Å². The summed E-state index contributed by atoms with van der Waals surface area (Å²) in [5.74, 6) is 2.25. The Bertz CT molecular complexity index is 294. The Morgan fingerprint density at radius 3 is 2.47 bits per heavy atom. The molecule has 1 aromatic heterocycles. The van der Waals surface area contributed by atoms with Gasteiger partial charge < -0.3 is 10.3 Å². The highest BCUT2D eigenvalue weighted by atomic mass is 16.5. The zero-order chi connectivity index (χ0) is 11.4. The van der Waals surface area contributed by atoms with Crippen LogP contribution in [0.15, 0.2) is 4.52 Å². The van der Waals surface area contributed by atoms with Crippen LogP contribution in [0.3, 0.4) is 0 Å². The van der Waals surface area contributed by atoms with Gasteiger partial charge in [0.2, 0.25) is 5.89 Å². The third-order valence-electron chi connectivity index (χ3n) is 2.61. The van der Waals surface area contributed by atoms with E-state index in [1.165, 1.54) is 0 Å². The summed E-state index contributed by atoms with van der Waals surface area (Å²) in [4.78, 5) is 4.35. The first-order chi connectivity index (χ1) is 7.00. The van der Waals surface area contributed by atoms with Gasteiger partial charge >= 0.3 is 0 Å². The van der Waals surface area contributed by atoms with Gasteiger partial charge in [-0.05, 0) is 19.3 Å². The molecule has 1 heterocycles. The number of nitrogens with zero attached hydrogens (tertiary/aromatic N) is 2. The van der Waals surface area contributed by atoms with Gasteiger partial charge in [0.1, 0.15) is 0 Å². The average molecular weight is 211 g/mol. The minimum Gasteiger partial charge on any atom is -0.339 e. The fourth-order valence-electron chi connectivity index (χ4n) is 1.20. The Hall–Kier alpha value is -0.900. The van der Waals surface area contributed by atoms with Gasteiger partial charge in [-0.15, -0.1) is 0 Å². The Balaban J connectivity index is 2.56. The SMILES string of the molecule is CC(C)CCc1noc(C(C)C(C)N)n1. The molecule has 0 aliphatic heterocycles. The third kappa shape index (κ3) is 3.63. The smallest absolute Gasteiger partial charge is 0.231 e. The Labute approximate surface area is 91.2 Å². The summed E-state index contributed by atoms with van der Waals surface area (Å²) in [5.41, 5.74) is 5.77. The van der Waals surface area contributed by atoms with Crippen molar-refractivity contribution in [2.75, 3.05) is 0 Å². The Morgan fingerprint density at radius 2 is 1.93 bits per heavy atom. The molecule has 2 unspecified atom stereocenters. The lowest BCUT2D eigenvalue weighted by Crippen LogP contribution is -2.22. The summed E-state index contributed by atoms with van der Waals surface area (Å²) in [7, 11) is 0. The minimum absolute atomic E-state index is 0.0448. The van der Waals surface area contributed by atoms with Gasteiger partial charge in [0, 0.05) is 12.5 Å². The van der Waals surface area contributed by atoms with Crippen molar-refractivity contribution < 1.29 is 4.52 Å². The van der Waals surface area contributed by atoms with Gasteiger partial charge in [-0.2, -0.15) is 4.98 Å². The largest absolute Gasteiger partial charge is 0.339 e.